The van der Waals surface area contributed by atoms with Gasteiger partial charge in [0.25, 0.3) is 0 Å². The van der Waals surface area contributed by atoms with E-state index in [9.17, 15) is 5.11 Å². The van der Waals surface area contributed by atoms with Crippen molar-refractivity contribution in [1.29, 1.82) is 0 Å². The summed E-state index contributed by atoms with van der Waals surface area (Å²) in [5.74, 6) is 0.125. The Morgan fingerprint density at radius 2 is 1.45 bits per heavy atom. The van der Waals surface area contributed by atoms with E-state index >= 15 is 0 Å². The van der Waals surface area contributed by atoms with Gasteiger partial charge in [-0.1, -0.05) is 0 Å². The van der Waals surface area contributed by atoms with Crippen molar-refractivity contribution in [3.05, 3.63) is 20.3 Å². The van der Waals surface area contributed by atoms with Gasteiger partial charge in [-0.25, -0.2) is 0 Å². The number of halogens is 4. The highest BCUT2D eigenvalue weighted by Gasteiger charge is 2.11. The van der Waals surface area contributed by atoms with E-state index in [-0.39, 0.29) is 5.75 Å². The van der Waals surface area contributed by atoms with E-state index in [1.54, 1.807) is 6.07 Å². The van der Waals surface area contributed by atoms with Gasteiger partial charge in [-0.05, 0) is 90.4 Å². The second-order valence-corrected chi connectivity index (χ2v) is 6.20. The molecule has 1 aromatic carbocycles. The van der Waals surface area contributed by atoms with Gasteiger partial charge in [0, 0.05) is 16.8 Å². The van der Waals surface area contributed by atoms with Crippen LogP contribution in [0.25, 0.3) is 0 Å². The summed E-state index contributed by atoms with van der Waals surface area (Å²) in [6.45, 7) is 0. The van der Waals surface area contributed by atoms with Gasteiger partial charge >= 0.3 is 0 Å². The van der Waals surface area contributed by atoms with E-state index in [0.29, 0.717) is 0 Å². The Morgan fingerprint density at radius 1 is 0.909 bits per heavy atom. The topological polar surface area (TPSA) is 19.9 Å². The molecule has 0 fully saturated rings. The van der Waals surface area contributed by atoms with Gasteiger partial charge in [0.05, 0.1) is 3.57 Å². The summed E-state index contributed by atoms with van der Waals surface area (Å²) >= 11 is 8.71. The third-order valence-corrected chi connectivity index (χ3v) is 8.29. The first-order chi connectivity index (χ1) is 5.04. The van der Waals surface area contributed by atoms with Crippen LogP contribution in [-0.4, -0.2) is 0 Å². The molecule has 0 aromatic heterocycles. The molecule has 1 radical (unpaired) electrons. The first-order valence-corrected chi connectivity index (χ1v) is 6.85. The van der Waals surface area contributed by atoms with Crippen molar-refractivity contribution in [2.45, 2.75) is 0 Å². The number of hydrogen-bond acceptors (Lipinski definition) is 0. The summed E-state index contributed by atoms with van der Waals surface area (Å²) in [6.07, 6.45) is 0. The third kappa shape index (κ3) is 2.45. The first kappa shape index (κ1) is 11.0. The molecule has 0 atom stereocenters. The highest BCUT2D eigenvalue weighted by molar-refractivity contribution is 14.1. The van der Waals surface area contributed by atoms with Crippen molar-refractivity contribution in [2.75, 3.05) is 0 Å². The molecule has 0 aliphatic heterocycles. The van der Waals surface area contributed by atoms with Crippen LogP contribution in [0, 0.1) is 14.3 Å². The predicted molar refractivity (Wildman–Crippen MR) is 77.4 cm³/mol. The Bertz CT molecular complexity index is 271. The van der Waals surface area contributed by atoms with Crippen LogP contribution >= 0.6 is 90.4 Å². The SMILES string of the molecule is [O]c1cc(I)c(I)c(I)c1I. The van der Waals surface area contributed by atoms with Crippen LogP contribution in [-0.2, 0) is 5.11 Å². The van der Waals surface area contributed by atoms with Crippen LogP contribution in [0.3, 0.4) is 0 Å². The Morgan fingerprint density at radius 3 is 2.00 bits per heavy atom. The summed E-state index contributed by atoms with van der Waals surface area (Å²) in [5.41, 5.74) is 0. The van der Waals surface area contributed by atoms with Gasteiger partial charge in [-0.3, -0.25) is 5.11 Å². The lowest BCUT2D eigenvalue weighted by molar-refractivity contribution is 0.351. The molecule has 0 bridgehead atoms. The van der Waals surface area contributed by atoms with Gasteiger partial charge in [0.1, 0.15) is 0 Å². The maximum atomic E-state index is 11.2. The molecular formula is C6HI4O. The monoisotopic (exact) mass is 597 g/mol. The van der Waals surface area contributed by atoms with Gasteiger partial charge in [0.2, 0.25) is 0 Å². The molecule has 1 nitrogen and oxygen atoms in total. The molecule has 0 N–H and O–H groups in total. The summed E-state index contributed by atoms with van der Waals surface area (Å²) in [6, 6.07) is 1.67. The van der Waals surface area contributed by atoms with Crippen molar-refractivity contribution in [1.82, 2.24) is 0 Å². The Kier molecular flexibility index (Phi) is 4.45. The molecule has 0 heterocycles. The molecular weight excluding hydrogens is 596 g/mol. The van der Waals surface area contributed by atoms with Gasteiger partial charge in [0.15, 0.2) is 5.75 Å². The molecule has 59 valence electrons. The highest BCUT2D eigenvalue weighted by Crippen LogP contribution is 2.32. The summed E-state index contributed by atoms with van der Waals surface area (Å²) in [5, 5.41) is 11.2. The second kappa shape index (κ2) is 4.44. The average molecular weight is 597 g/mol. The summed E-state index contributed by atoms with van der Waals surface area (Å²) in [7, 11) is 0. The average Bonchev–Trinajstić information content (AvgIpc) is 1.97. The molecule has 0 spiro atoms. The van der Waals surface area contributed by atoms with E-state index in [1.807, 2.05) is 0 Å². The Hall–Kier alpha value is 1.94. The zero-order valence-electron chi connectivity index (χ0n) is 5.00. The molecule has 0 saturated heterocycles. The standard InChI is InChI=1S/C6HI4O/c7-2-1-3(11)5(9)6(10)4(2)8/h1H. The molecule has 0 saturated carbocycles. The van der Waals surface area contributed by atoms with Crippen molar-refractivity contribution in [3.8, 4) is 5.75 Å². The predicted octanol–water partition coefficient (Wildman–Crippen LogP) is 4.25. The zero-order valence-corrected chi connectivity index (χ0v) is 13.6. The van der Waals surface area contributed by atoms with Crippen LogP contribution in [0.5, 0.6) is 5.75 Å². The van der Waals surface area contributed by atoms with Crippen molar-refractivity contribution < 1.29 is 5.11 Å². The fourth-order valence-corrected chi connectivity index (χ4v) is 3.54. The van der Waals surface area contributed by atoms with Gasteiger partial charge in [-0.15, -0.1) is 0 Å². The van der Waals surface area contributed by atoms with Gasteiger partial charge in [-0.2, -0.15) is 0 Å². The minimum Gasteiger partial charge on any atom is -0.289 e. The minimum atomic E-state index is 0.125. The molecule has 0 aliphatic carbocycles. The summed E-state index contributed by atoms with van der Waals surface area (Å²) < 4.78 is 4.11. The number of rotatable bonds is 0. The maximum absolute atomic E-state index is 11.2. The quantitative estimate of drug-likeness (QED) is 0.243. The largest absolute Gasteiger partial charge is 0.289 e. The number of hydrogen-bond donors (Lipinski definition) is 0. The van der Waals surface area contributed by atoms with Crippen LogP contribution in [0.2, 0.25) is 0 Å². The third-order valence-electron chi connectivity index (χ3n) is 1.07. The fourth-order valence-electron chi connectivity index (χ4n) is 0.551. The number of benzene rings is 1. The smallest absolute Gasteiger partial charge is 0.194 e. The van der Waals surface area contributed by atoms with Crippen LogP contribution in [0.15, 0.2) is 6.07 Å². The molecule has 5 heteroatoms. The molecule has 0 aliphatic rings. The van der Waals surface area contributed by atoms with Crippen molar-refractivity contribution >= 4 is 90.4 Å². The van der Waals surface area contributed by atoms with E-state index in [4.69, 9.17) is 0 Å². The molecule has 1 aromatic rings. The molecule has 0 unspecified atom stereocenters. The van der Waals surface area contributed by atoms with Crippen molar-refractivity contribution in [2.24, 2.45) is 0 Å². The van der Waals surface area contributed by atoms with Crippen LogP contribution in [0.4, 0.5) is 0 Å². The maximum Gasteiger partial charge on any atom is 0.194 e. The first-order valence-electron chi connectivity index (χ1n) is 2.54. The molecule has 1 rings (SSSR count). The fraction of sp³-hybridized carbons (Fsp3) is 0. The van der Waals surface area contributed by atoms with E-state index in [2.05, 4.69) is 90.4 Å². The molecule has 11 heavy (non-hydrogen) atoms. The normalized spacial score (nSPS) is 10.2. The van der Waals surface area contributed by atoms with Crippen molar-refractivity contribution in [3.63, 3.8) is 0 Å². The lowest BCUT2D eigenvalue weighted by atomic mass is 10.3. The lowest BCUT2D eigenvalue weighted by Crippen LogP contribution is -1.89. The zero-order chi connectivity index (χ0) is 8.59. The molecule has 0 amide bonds. The van der Waals surface area contributed by atoms with Crippen LogP contribution in [0.1, 0.15) is 0 Å². The second-order valence-electron chi connectivity index (χ2n) is 1.80. The highest BCUT2D eigenvalue weighted by atomic mass is 127. The van der Waals surface area contributed by atoms with E-state index in [1.165, 1.54) is 3.57 Å². The minimum absolute atomic E-state index is 0.125. The summed E-state index contributed by atoms with van der Waals surface area (Å²) in [4.78, 5) is 0. The lowest BCUT2D eigenvalue weighted by Gasteiger charge is -2.02. The van der Waals surface area contributed by atoms with E-state index in [0.717, 1.165) is 10.7 Å². The van der Waals surface area contributed by atoms with Crippen LogP contribution < -0.4 is 0 Å². The Balaban J connectivity index is 3.46. The van der Waals surface area contributed by atoms with Gasteiger partial charge < -0.3 is 0 Å². The van der Waals surface area contributed by atoms with E-state index < -0.39 is 0 Å². The Labute approximate surface area is 119 Å².